The lowest BCUT2D eigenvalue weighted by molar-refractivity contribution is 0.273. The van der Waals surface area contributed by atoms with Crippen LogP contribution in [-0.2, 0) is 0 Å². The molecule has 0 bridgehead atoms. The summed E-state index contributed by atoms with van der Waals surface area (Å²) in [4.78, 5) is 9.14. The van der Waals surface area contributed by atoms with Crippen LogP contribution in [-0.4, -0.2) is 48.4 Å². The predicted molar refractivity (Wildman–Crippen MR) is 64.6 cm³/mol. The van der Waals surface area contributed by atoms with Gasteiger partial charge >= 0.3 is 0 Å². The van der Waals surface area contributed by atoms with Crippen LogP contribution < -0.4 is 4.90 Å². The number of thiol groups is 1. The monoisotopic (exact) mass is 229 g/mol. The molecule has 2 rings (SSSR count). The van der Waals surface area contributed by atoms with Gasteiger partial charge in [-0.05, 0) is 0 Å². The fourth-order valence-corrected chi connectivity index (χ4v) is 2.66. The second-order valence-corrected chi connectivity index (χ2v) is 4.69. The van der Waals surface area contributed by atoms with Crippen LogP contribution in [0.2, 0.25) is 0 Å². The summed E-state index contributed by atoms with van der Waals surface area (Å²) in [5.41, 5.74) is 0. The maximum absolute atomic E-state index is 4.32. The number of rotatable bonds is 3. The summed E-state index contributed by atoms with van der Waals surface area (Å²) in [6.45, 7) is 5.58. The van der Waals surface area contributed by atoms with Crippen LogP contribution in [0, 0.1) is 0 Å². The summed E-state index contributed by atoms with van der Waals surface area (Å²) in [7, 11) is 0. The van der Waals surface area contributed by atoms with Gasteiger partial charge in [0, 0.05) is 50.1 Å². The Hall–Kier alpha value is -0.260. The van der Waals surface area contributed by atoms with Crippen molar-refractivity contribution in [1.29, 1.82) is 0 Å². The number of nitrogens with zero attached hydrogens (tertiary/aromatic N) is 3. The van der Waals surface area contributed by atoms with Crippen molar-refractivity contribution in [1.82, 2.24) is 9.88 Å². The van der Waals surface area contributed by atoms with E-state index >= 15 is 0 Å². The van der Waals surface area contributed by atoms with E-state index in [0.717, 1.165) is 43.6 Å². The summed E-state index contributed by atoms with van der Waals surface area (Å²) in [6.07, 6.45) is 1.88. The summed E-state index contributed by atoms with van der Waals surface area (Å²) < 4.78 is 0. The van der Waals surface area contributed by atoms with Crippen LogP contribution in [0.4, 0.5) is 5.13 Å². The quantitative estimate of drug-likeness (QED) is 0.786. The van der Waals surface area contributed by atoms with Crippen molar-refractivity contribution in [2.24, 2.45) is 0 Å². The zero-order chi connectivity index (χ0) is 9.80. The third-order valence-electron chi connectivity index (χ3n) is 2.48. The zero-order valence-corrected chi connectivity index (χ0v) is 9.81. The molecule has 1 aliphatic rings. The highest BCUT2D eigenvalue weighted by molar-refractivity contribution is 7.80. The van der Waals surface area contributed by atoms with E-state index in [-0.39, 0.29) is 0 Å². The van der Waals surface area contributed by atoms with Crippen LogP contribution in [0.25, 0.3) is 0 Å². The van der Waals surface area contributed by atoms with Gasteiger partial charge in [0.1, 0.15) is 0 Å². The first-order valence-electron chi connectivity index (χ1n) is 4.88. The Morgan fingerprint density at radius 3 is 2.71 bits per heavy atom. The van der Waals surface area contributed by atoms with Crippen LogP contribution in [0.5, 0.6) is 0 Å². The Morgan fingerprint density at radius 2 is 2.14 bits per heavy atom. The summed E-state index contributed by atoms with van der Waals surface area (Å²) in [6, 6.07) is 0. The van der Waals surface area contributed by atoms with E-state index in [0.29, 0.717) is 0 Å². The Kier molecular flexibility index (Phi) is 3.67. The normalized spacial score (nSPS) is 18.8. The van der Waals surface area contributed by atoms with Gasteiger partial charge in [-0.3, -0.25) is 4.90 Å². The minimum atomic E-state index is 0.956. The molecule has 0 spiro atoms. The summed E-state index contributed by atoms with van der Waals surface area (Å²) in [5.74, 6) is 0.956. The molecule has 0 saturated carbocycles. The molecule has 1 fully saturated rings. The highest BCUT2D eigenvalue weighted by Gasteiger charge is 2.17. The molecule has 3 nitrogen and oxygen atoms in total. The van der Waals surface area contributed by atoms with Gasteiger partial charge in [0.2, 0.25) is 0 Å². The van der Waals surface area contributed by atoms with E-state index in [2.05, 4.69) is 27.4 Å². The van der Waals surface area contributed by atoms with Crippen molar-refractivity contribution in [2.45, 2.75) is 0 Å². The Morgan fingerprint density at radius 1 is 1.36 bits per heavy atom. The van der Waals surface area contributed by atoms with E-state index in [9.17, 15) is 0 Å². The van der Waals surface area contributed by atoms with Crippen molar-refractivity contribution in [3.63, 3.8) is 0 Å². The fraction of sp³-hybridized carbons (Fsp3) is 0.667. The van der Waals surface area contributed by atoms with Crippen molar-refractivity contribution in [3.8, 4) is 0 Å². The molecule has 1 aliphatic heterocycles. The van der Waals surface area contributed by atoms with Gasteiger partial charge in [-0.25, -0.2) is 4.98 Å². The van der Waals surface area contributed by atoms with Crippen LogP contribution >= 0.6 is 24.0 Å². The van der Waals surface area contributed by atoms with Gasteiger partial charge in [0.05, 0.1) is 0 Å². The average molecular weight is 229 g/mol. The molecule has 2 heterocycles. The molecule has 0 aromatic carbocycles. The molecule has 1 aromatic heterocycles. The fourth-order valence-electron chi connectivity index (χ4n) is 1.68. The second kappa shape index (κ2) is 5.00. The molecule has 5 heteroatoms. The van der Waals surface area contributed by atoms with E-state index in [4.69, 9.17) is 0 Å². The standard InChI is InChI=1S/C9H15N3S2/c13-7-6-11-2-4-12(5-3-11)9-10-1-8-14-9/h1,8,13H,2-7H2. The van der Waals surface area contributed by atoms with Crippen LogP contribution in [0.3, 0.4) is 0 Å². The van der Waals surface area contributed by atoms with Crippen molar-refractivity contribution >= 4 is 29.1 Å². The summed E-state index contributed by atoms with van der Waals surface area (Å²) >= 11 is 5.97. The minimum Gasteiger partial charge on any atom is -0.346 e. The first kappa shape index (κ1) is 10.3. The largest absolute Gasteiger partial charge is 0.346 e. The van der Waals surface area contributed by atoms with Crippen LogP contribution in [0.1, 0.15) is 0 Å². The molecule has 0 aliphatic carbocycles. The van der Waals surface area contributed by atoms with Gasteiger partial charge < -0.3 is 4.90 Å². The zero-order valence-electron chi connectivity index (χ0n) is 8.09. The molecule has 14 heavy (non-hydrogen) atoms. The molecule has 0 atom stereocenters. The molecule has 0 radical (unpaired) electrons. The lowest BCUT2D eigenvalue weighted by Crippen LogP contribution is -2.46. The molecule has 1 aromatic rings. The van der Waals surface area contributed by atoms with Gasteiger partial charge in [-0.1, -0.05) is 0 Å². The SMILES string of the molecule is SCCN1CCN(c2nccs2)CC1. The predicted octanol–water partition coefficient (Wildman–Crippen LogP) is 1.19. The lowest BCUT2D eigenvalue weighted by Gasteiger charge is -2.34. The van der Waals surface area contributed by atoms with Gasteiger partial charge in [-0.2, -0.15) is 12.6 Å². The number of piperazine rings is 1. The van der Waals surface area contributed by atoms with Crippen molar-refractivity contribution in [3.05, 3.63) is 11.6 Å². The molecular formula is C9H15N3S2. The number of hydrogen-bond donors (Lipinski definition) is 1. The molecule has 1 saturated heterocycles. The topological polar surface area (TPSA) is 19.4 Å². The van der Waals surface area contributed by atoms with E-state index in [1.807, 2.05) is 11.6 Å². The number of thiazole rings is 1. The Balaban J connectivity index is 1.84. The van der Waals surface area contributed by atoms with Gasteiger partial charge in [-0.15, -0.1) is 11.3 Å². The van der Waals surface area contributed by atoms with E-state index < -0.39 is 0 Å². The number of hydrogen-bond acceptors (Lipinski definition) is 5. The highest BCUT2D eigenvalue weighted by Crippen LogP contribution is 2.18. The van der Waals surface area contributed by atoms with E-state index in [1.165, 1.54) is 0 Å². The van der Waals surface area contributed by atoms with Crippen LogP contribution in [0.15, 0.2) is 11.6 Å². The Bertz CT molecular complexity index is 255. The van der Waals surface area contributed by atoms with Crippen molar-refractivity contribution in [2.75, 3.05) is 43.4 Å². The molecule has 0 N–H and O–H groups in total. The van der Waals surface area contributed by atoms with Gasteiger partial charge in [0.25, 0.3) is 0 Å². The first-order chi connectivity index (χ1) is 6.90. The Labute approximate surface area is 94.1 Å². The van der Waals surface area contributed by atoms with E-state index in [1.54, 1.807) is 11.3 Å². The molecule has 78 valence electrons. The number of anilines is 1. The van der Waals surface area contributed by atoms with Gasteiger partial charge in [0.15, 0.2) is 5.13 Å². The number of aromatic nitrogens is 1. The first-order valence-corrected chi connectivity index (χ1v) is 6.39. The third kappa shape index (κ3) is 2.40. The molecule has 0 amide bonds. The summed E-state index contributed by atoms with van der Waals surface area (Å²) in [5, 5.41) is 3.20. The lowest BCUT2D eigenvalue weighted by atomic mass is 10.3. The second-order valence-electron chi connectivity index (χ2n) is 3.37. The van der Waals surface area contributed by atoms with Crippen molar-refractivity contribution < 1.29 is 0 Å². The average Bonchev–Trinajstić information content (AvgIpc) is 2.72. The molecular weight excluding hydrogens is 214 g/mol. The minimum absolute atomic E-state index is 0.956. The highest BCUT2D eigenvalue weighted by atomic mass is 32.1. The maximum Gasteiger partial charge on any atom is 0.185 e. The maximum atomic E-state index is 4.32. The molecule has 0 unspecified atom stereocenters. The third-order valence-corrected chi connectivity index (χ3v) is 3.51. The smallest absolute Gasteiger partial charge is 0.185 e.